The van der Waals surface area contributed by atoms with Crippen molar-refractivity contribution in [3.8, 4) is 0 Å². The van der Waals surface area contributed by atoms with Gasteiger partial charge in [-0.15, -0.1) is 0 Å². The molecule has 0 aliphatic carbocycles. The molecule has 1 aromatic heterocycles. The smallest absolute Gasteiger partial charge is 0.279 e. The number of halogens is 2. The van der Waals surface area contributed by atoms with Crippen molar-refractivity contribution in [2.75, 3.05) is 4.72 Å². The molecule has 0 aliphatic heterocycles. The number of aromatic amines is 1. The number of nitrogens with zero attached hydrogens (tertiary/aromatic N) is 1. The highest BCUT2D eigenvalue weighted by atomic mass is 79.9. The first-order valence-electron chi connectivity index (χ1n) is 5.05. The molecule has 0 bridgehead atoms. The largest absolute Gasteiger partial charge is 0.392 e. The van der Waals surface area contributed by atoms with Gasteiger partial charge in [-0.2, -0.15) is 13.5 Å². The highest BCUT2D eigenvalue weighted by molar-refractivity contribution is 9.10. The maximum Gasteiger partial charge on any atom is 0.279 e. The number of aliphatic hydroxyl groups excluding tert-OH is 1. The van der Waals surface area contributed by atoms with E-state index in [-0.39, 0.29) is 10.6 Å². The molecular formula is C10H9BrClN3O3S. The quantitative estimate of drug-likeness (QED) is 0.772. The maximum atomic E-state index is 12.1. The Morgan fingerprint density at radius 2 is 2.21 bits per heavy atom. The van der Waals surface area contributed by atoms with E-state index in [1.54, 1.807) is 12.1 Å². The molecule has 1 aromatic carbocycles. The van der Waals surface area contributed by atoms with E-state index in [0.717, 1.165) is 0 Å². The van der Waals surface area contributed by atoms with Gasteiger partial charge in [-0.3, -0.25) is 9.82 Å². The van der Waals surface area contributed by atoms with Crippen molar-refractivity contribution in [1.29, 1.82) is 0 Å². The van der Waals surface area contributed by atoms with Crippen LogP contribution in [0.5, 0.6) is 0 Å². The van der Waals surface area contributed by atoms with Gasteiger partial charge < -0.3 is 5.11 Å². The van der Waals surface area contributed by atoms with Crippen LogP contribution in [-0.2, 0) is 16.6 Å². The lowest BCUT2D eigenvalue weighted by Gasteiger charge is -2.09. The second-order valence-electron chi connectivity index (χ2n) is 3.61. The molecule has 1 heterocycles. The number of hydrogen-bond acceptors (Lipinski definition) is 4. The summed E-state index contributed by atoms with van der Waals surface area (Å²) >= 11 is 8.99. The molecule has 0 atom stereocenters. The van der Waals surface area contributed by atoms with Crippen molar-refractivity contribution < 1.29 is 13.5 Å². The highest BCUT2D eigenvalue weighted by Gasteiger charge is 2.21. The van der Waals surface area contributed by atoms with Crippen molar-refractivity contribution >= 4 is 43.2 Å². The average molecular weight is 367 g/mol. The standard InChI is InChI=1S/C10H9BrClN3O3S/c11-8-3-7(12)1-2-9(8)15-19(17,18)10-6(5-16)4-13-14-10/h1-4,15-16H,5H2,(H,13,14). The summed E-state index contributed by atoms with van der Waals surface area (Å²) in [5.74, 6) is 0. The lowest BCUT2D eigenvalue weighted by molar-refractivity contribution is 0.278. The minimum absolute atomic E-state index is 0.170. The minimum atomic E-state index is -3.85. The molecule has 0 fully saturated rings. The zero-order valence-electron chi connectivity index (χ0n) is 9.39. The number of rotatable bonds is 4. The topological polar surface area (TPSA) is 95.1 Å². The van der Waals surface area contributed by atoms with Crippen molar-refractivity contribution in [1.82, 2.24) is 10.2 Å². The van der Waals surface area contributed by atoms with Gasteiger partial charge in [-0.25, -0.2) is 0 Å². The van der Waals surface area contributed by atoms with Crippen LogP contribution >= 0.6 is 27.5 Å². The predicted octanol–water partition coefficient (Wildman–Crippen LogP) is 2.12. The van der Waals surface area contributed by atoms with E-state index < -0.39 is 16.6 Å². The van der Waals surface area contributed by atoms with Crippen LogP contribution in [0, 0.1) is 0 Å². The first-order valence-corrected chi connectivity index (χ1v) is 7.70. The molecule has 6 nitrogen and oxygen atoms in total. The number of hydrogen-bond donors (Lipinski definition) is 3. The Bertz CT molecular complexity index is 702. The molecule has 3 N–H and O–H groups in total. The summed E-state index contributed by atoms with van der Waals surface area (Å²) in [7, 11) is -3.85. The van der Waals surface area contributed by atoms with E-state index in [0.29, 0.717) is 15.2 Å². The van der Waals surface area contributed by atoms with Gasteiger partial charge in [0.15, 0.2) is 5.03 Å². The Morgan fingerprint density at radius 1 is 1.47 bits per heavy atom. The van der Waals surface area contributed by atoms with Gasteiger partial charge in [0.05, 0.1) is 18.5 Å². The van der Waals surface area contributed by atoms with Crippen LogP contribution in [0.3, 0.4) is 0 Å². The van der Waals surface area contributed by atoms with Crippen molar-refractivity contribution in [2.24, 2.45) is 0 Å². The van der Waals surface area contributed by atoms with Gasteiger partial charge in [0.2, 0.25) is 0 Å². The second-order valence-corrected chi connectivity index (χ2v) is 6.52. The molecule has 0 saturated heterocycles. The zero-order valence-corrected chi connectivity index (χ0v) is 12.6. The third kappa shape index (κ3) is 3.08. The van der Waals surface area contributed by atoms with Gasteiger partial charge in [0.25, 0.3) is 10.0 Å². The van der Waals surface area contributed by atoms with E-state index in [4.69, 9.17) is 16.7 Å². The monoisotopic (exact) mass is 365 g/mol. The van der Waals surface area contributed by atoms with Crippen LogP contribution in [0.15, 0.2) is 33.9 Å². The molecule has 0 amide bonds. The van der Waals surface area contributed by atoms with Crippen LogP contribution in [0.1, 0.15) is 5.56 Å². The van der Waals surface area contributed by atoms with E-state index in [9.17, 15) is 8.42 Å². The maximum absolute atomic E-state index is 12.1. The van der Waals surface area contributed by atoms with Crippen LogP contribution in [0.25, 0.3) is 0 Å². The Labute approximate surface area is 123 Å². The summed E-state index contributed by atoms with van der Waals surface area (Å²) in [6, 6.07) is 4.66. The van der Waals surface area contributed by atoms with Gasteiger partial charge in [-0.1, -0.05) is 11.6 Å². The van der Waals surface area contributed by atoms with Crippen LogP contribution in [-0.4, -0.2) is 23.7 Å². The van der Waals surface area contributed by atoms with E-state index in [1.165, 1.54) is 12.3 Å². The number of nitrogens with one attached hydrogen (secondary N) is 2. The predicted molar refractivity (Wildman–Crippen MR) is 74.5 cm³/mol. The Hall–Kier alpha value is -1.09. The summed E-state index contributed by atoms with van der Waals surface area (Å²) in [5, 5.41) is 15.3. The minimum Gasteiger partial charge on any atom is -0.392 e. The number of aromatic nitrogens is 2. The molecular weight excluding hydrogens is 358 g/mol. The fourth-order valence-corrected chi connectivity index (χ4v) is 3.53. The Kier molecular flexibility index (Phi) is 4.14. The molecule has 19 heavy (non-hydrogen) atoms. The highest BCUT2D eigenvalue weighted by Crippen LogP contribution is 2.28. The molecule has 102 valence electrons. The molecule has 2 rings (SSSR count). The molecule has 0 saturated carbocycles. The van der Waals surface area contributed by atoms with Crippen LogP contribution in [0.2, 0.25) is 5.02 Å². The summed E-state index contributed by atoms with van der Waals surface area (Å²) in [4.78, 5) is 0. The summed E-state index contributed by atoms with van der Waals surface area (Å²) in [6.45, 7) is -0.422. The number of benzene rings is 1. The Morgan fingerprint density at radius 3 is 2.84 bits per heavy atom. The SMILES string of the molecule is O=S(=O)(Nc1ccc(Cl)cc1Br)c1[nH]ncc1CO. The molecule has 9 heteroatoms. The molecule has 0 unspecified atom stereocenters. The summed E-state index contributed by atoms with van der Waals surface area (Å²) in [6.07, 6.45) is 1.26. The van der Waals surface area contributed by atoms with Crippen molar-refractivity contribution in [2.45, 2.75) is 11.6 Å². The lowest BCUT2D eigenvalue weighted by Crippen LogP contribution is -2.15. The molecule has 0 spiro atoms. The summed E-state index contributed by atoms with van der Waals surface area (Å²) < 4.78 is 27.1. The Balaban J connectivity index is 2.37. The molecule has 2 aromatic rings. The van der Waals surface area contributed by atoms with Gasteiger partial charge >= 0.3 is 0 Å². The van der Waals surface area contributed by atoms with Gasteiger partial charge in [0.1, 0.15) is 0 Å². The van der Waals surface area contributed by atoms with Gasteiger partial charge in [0, 0.05) is 15.1 Å². The normalized spacial score (nSPS) is 11.5. The third-order valence-electron chi connectivity index (χ3n) is 2.29. The third-order valence-corrected chi connectivity index (χ3v) is 4.56. The van der Waals surface area contributed by atoms with Crippen LogP contribution < -0.4 is 4.72 Å². The lowest BCUT2D eigenvalue weighted by atomic mass is 10.3. The number of sulfonamides is 1. The zero-order chi connectivity index (χ0) is 14.0. The second kappa shape index (κ2) is 5.49. The molecule has 0 radical (unpaired) electrons. The van der Waals surface area contributed by atoms with Crippen molar-refractivity contribution in [3.05, 3.63) is 39.5 Å². The molecule has 0 aliphatic rings. The first kappa shape index (κ1) is 14.3. The van der Waals surface area contributed by atoms with Gasteiger partial charge in [-0.05, 0) is 34.1 Å². The first-order chi connectivity index (χ1) is 8.94. The summed E-state index contributed by atoms with van der Waals surface area (Å²) in [5.41, 5.74) is 0.528. The average Bonchev–Trinajstić information content (AvgIpc) is 2.82. The fourth-order valence-electron chi connectivity index (χ4n) is 1.41. The van der Waals surface area contributed by atoms with E-state index in [2.05, 4.69) is 30.8 Å². The number of anilines is 1. The number of H-pyrrole nitrogens is 1. The number of aliphatic hydroxyl groups is 1. The van der Waals surface area contributed by atoms with Crippen LogP contribution in [0.4, 0.5) is 5.69 Å². The van der Waals surface area contributed by atoms with E-state index >= 15 is 0 Å². The fraction of sp³-hybridized carbons (Fsp3) is 0.100. The van der Waals surface area contributed by atoms with Crippen molar-refractivity contribution in [3.63, 3.8) is 0 Å². The van der Waals surface area contributed by atoms with E-state index in [1.807, 2.05) is 0 Å².